The second-order valence-electron chi connectivity index (χ2n) is 5.95. The van der Waals surface area contributed by atoms with Crippen LogP contribution >= 0.6 is 0 Å². The zero-order valence-electron chi connectivity index (χ0n) is 12.9. The summed E-state index contributed by atoms with van der Waals surface area (Å²) in [4.78, 5) is 2.47. The first-order chi connectivity index (χ1) is 10.2. The molecule has 21 heavy (non-hydrogen) atoms. The zero-order valence-corrected chi connectivity index (χ0v) is 12.9. The van der Waals surface area contributed by atoms with Gasteiger partial charge in [-0.1, -0.05) is 12.1 Å². The number of benzene rings is 1. The normalized spacial score (nSPS) is 22.6. The number of phenols is 1. The molecule has 1 aliphatic rings. The van der Waals surface area contributed by atoms with Crippen LogP contribution in [0.1, 0.15) is 37.7 Å². The number of nitrogens with zero attached hydrogens (tertiary/aromatic N) is 1. The number of hydrogen-bond acceptors (Lipinski definition) is 4. The summed E-state index contributed by atoms with van der Waals surface area (Å²) >= 11 is 0. The van der Waals surface area contributed by atoms with Crippen molar-refractivity contribution in [3.8, 4) is 5.75 Å². The third-order valence-corrected chi connectivity index (χ3v) is 4.27. The molecular formula is C17H27NO3. The van der Waals surface area contributed by atoms with E-state index in [1.54, 1.807) is 13.2 Å². The van der Waals surface area contributed by atoms with Gasteiger partial charge in [-0.05, 0) is 49.8 Å². The van der Waals surface area contributed by atoms with Gasteiger partial charge in [0.1, 0.15) is 5.75 Å². The molecule has 0 bridgehead atoms. The van der Waals surface area contributed by atoms with Gasteiger partial charge < -0.3 is 14.9 Å². The van der Waals surface area contributed by atoms with Crippen LogP contribution in [0, 0.1) is 0 Å². The molecule has 2 N–H and O–H groups in total. The zero-order chi connectivity index (χ0) is 15.1. The lowest BCUT2D eigenvalue weighted by molar-refractivity contribution is 0.0649. The molecular weight excluding hydrogens is 266 g/mol. The van der Waals surface area contributed by atoms with E-state index in [0.29, 0.717) is 11.8 Å². The Balaban J connectivity index is 1.97. The highest BCUT2D eigenvalue weighted by Crippen LogP contribution is 2.25. The van der Waals surface area contributed by atoms with Gasteiger partial charge in [-0.2, -0.15) is 0 Å². The van der Waals surface area contributed by atoms with Crippen LogP contribution in [0.2, 0.25) is 0 Å². The first-order valence-electron chi connectivity index (χ1n) is 7.88. The highest BCUT2D eigenvalue weighted by molar-refractivity contribution is 5.27. The molecule has 0 aliphatic heterocycles. The number of phenolic OH excluding ortho intramolecular Hbond substituents is 1. The number of rotatable bonds is 7. The van der Waals surface area contributed by atoms with Crippen molar-refractivity contribution in [2.24, 2.45) is 0 Å². The van der Waals surface area contributed by atoms with Gasteiger partial charge in [0.05, 0.1) is 6.10 Å². The van der Waals surface area contributed by atoms with Crippen LogP contribution in [-0.2, 0) is 11.3 Å². The second-order valence-corrected chi connectivity index (χ2v) is 5.95. The van der Waals surface area contributed by atoms with Gasteiger partial charge in [0, 0.05) is 32.8 Å². The van der Waals surface area contributed by atoms with Crippen LogP contribution in [-0.4, -0.2) is 47.5 Å². The van der Waals surface area contributed by atoms with E-state index in [1.807, 2.05) is 12.1 Å². The van der Waals surface area contributed by atoms with Gasteiger partial charge in [0.2, 0.25) is 0 Å². The van der Waals surface area contributed by atoms with E-state index >= 15 is 0 Å². The maximum atomic E-state index is 9.68. The van der Waals surface area contributed by atoms with Crippen molar-refractivity contribution in [1.29, 1.82) is 0 Å². The molecule has 118 valence electrons. The Morgan fingerprint density at radius 2 is 2.00 bits per heavy atom. The van der Waals surface area contributed by atoms with Crippen molar-refractivity contribution in [3.05, 3.63) is 29.8 Å². The van der Waals surface area contributed by atoms with Crippen molar-refractivity contribution in [2.75, 3.05) is 20.3 Å². The topological polar surface area (TPSA) is 52.9 Å². The summed E-state index contributed by atoms with van der Waals surface area (Å²) in [7, 11) is 1.73. The van der Waals surface area contributed by atoms with Crippen LogP contribution < -0.4 is 0 Å². The first kappa shape index (κ1) is 16.3. The Morgan fingerprint density at radius 1 is 1.24 bits per heavy atom. The molecule has 1 saturated carbocycles. The molecule has 0 spiro atoms. The smallest absolute Gasteiger partial charge is 0.115 e. The monoisotopic (exact) mass is 293 g/mol. The predicted molar refractivity (Wildman–Crippen MR) is 83.3 cm³/mol. The highest BCUT2D eigenvalue weighted by Gasteiger charge is 2.24. The Bertz CT molecular complexity index is 416. The fraction of sp³-hybridized carbons (Fsp3) is 0.647. The molecule has 0 amide bonds. The van der Waals surface area contributed by atoms with Crippen molar-refractivity contribution >= 4 is 0 Å². The quantitative estimate of drug-likeness (QED) is 0.759. The minimum atomic E-state index is -0.122. The van der Waals surface area contributed by atoms with E-state index in [9.17, 15) is 10.2 Å². The summed E-state index contributed by atoms with van der Waals surface area (Å²) in [5.74, 6) is 0.323. The second kappa shape index (κ2) is 8.37. The Kier molecular flexibility index (Phi) is 6.49. The molecule has 4 heteroatoms. The summed E-state index contributed by atoms with van der Waals surface area (Å²) in [6.45, 7) is 2.61. The van der Waals surface area contributed by atoms with Crippen molar-refractivity contribution < 1.29 is 14.9 Å². The number of aromatic hydroxyl groups is 1. The molecule has 0 saturated heterocycles. The average molecular weight is 293 g/mol. The maximum absolute atomic E-state index is 9.68. The number of ether oxygens (including phenoxy) is 1. The number of aliphatic hydroxyl groups is 1. The summed E-state index contributed by atoms with van der Waals surface area (Å²) in [5.41, 5.74) is 1.14. The van der Waals surface area contributed by atoms with Gasteiger partial charge in [-0.3, -0.25) is 4.90 Å². The Hall–Kier alpha value is -1.10. The predicted octanol–water partition coefficient (Wildman–Crippen LogP) is 2.53. The fourth-order valence-corrected chi connectivity index (χ4v) is 3.12. The maximum Gasteiger partial charge on any atom is 0.115 e. The minimum absolute atomic E-state index is 0.122. The molecule has 0 unspecified atom stereocenters. The van der Waals surface area contributed by atoms with E-state index in [4.69, 9.17) is 4.74 Å². The largest absolute Gasteiger partial charge is 0.508 e. The first-order valence-corrected chi connectivity index (χ1v) is 7.88. The molecule has 1 aliphatic carbocycles. The van der Waals surface area contributed by atoms with Crippen LogP contribution in [0.4, 0.5) is 0 Å². The lowest BCUT2D eigenvalue weighted by Gasteiger charge is -2.36. The van der Waals surface area contributed by atoms with Crippen LogP contribution in [0.5, 0.6) is 5.75 Å². The third-order valence-electron chi connectivity index (χ3n) is 4.27. The molecule has 0 atom stereocenters. The van der Waals surface area contributed by atoms with Crippen LogP contribution in [0.25, 0.3) is 0 Å². The SMILES string of the molecule is COCCCN(Cc1cccc(O)c1)C1CCC(O)CC1. The Labute approximate surface area is 127 Å². The molecule has 1 fully saturated rings. The van der Waals surface area contributed by atoms with E-state index in [2.05, 4.69) is 11.0 Å². The molecule has 2 rings (SSSR count). The van der Waals surface area contributed by atoms with Gasteiger partial charge in [0.25, 0.3) is 0 Å². The van der Waals surface area contributed by atoms with Crippen molar-refractivity contribution in [3.63, 3.8) is 0 Å². The molecule has 4 nitrogen and oxygen atoms in total. The average Bonchev–Trinajstić information content (AvgIpc) is 2.47. The third kappa shape index (κ3) is 5.30. The fourth-order valence-electron chi connectivity index (χ4n) is 3.12. The van der Waals surface area contributed by atoms with Gasteiger partial charge in [-0.25, -0.2) is 0 Å². The van der Waals surface area contributed by atoms with Crippen molar-refractivity contribution in [1.82, 2.24) is 4.90 Å². The summed E-state index contributed by atoms with van der Waals surface area (Å²) in [6, 6.07) is 8.01. The summed E-state index contributed by atoms with van der Waals surface area (Å²) < 4.78 is 5.16. The molecule has 1 aromatic rings. The summed E-state index contributed by atoms with van der Waals surface area (Å²) in [6.07, 6.45) is 4.77. The van der Waals surface area contributed by atoms with Crippen molar-refractivity contribution in [2.45, 2.75) is 50.8 Å². The summed E-state index contributed by atoms with van der Waals surface area (Å²) in [5, 5.41) is 19.3. The number of aliphatic hydroxyl groups excluding tert-OH is 1. The Morgan fingerprint density at radius 3 is 2.67 bits per heavy atom. The van der Waals surface area contributed by atoms with E-state index in [0.717, 1.165) is 57.4 Å². The van der Waals surface area contributed by atoms with Gasteiger partial charge in [-0.15, -0.1) is 0 Å². The molecule has 0 heterocycles. The van der Waals surface area contributed by atoms with E-state index in [1.165, 1.54) is 0 Å². The van der Waals surface area contributed by atoms with E-state index in [-0.39, 0.29) is 6.10 Å². The number of hydrogen-bond donors (Lipinski definition) is 2. The van der Waals surface area contributed by atoms with Gasteiger partial charge in [0.15, 0.2) is 0 Å². The van der Waals surface area contributed by atoms with Crippen LogP contribution in [0.3, 0.4) is 0 Å². The number of methoxy groups -OCH3 is 1. The molecule has 1 aromatic carbocycles. The lowest BCUT2D eigenvalue weighted by Crippen LogP contribution is -2.39. The molecule has 0 aromatic heterocycles. The van der Waals surface area contributed by atoms with E-state index < -0.39 is 0 Å². The highest BCUT2D eigenvalue weighted by atomic mass is 16.5. The van der Waals surface area contributed by atoms with Gasteiger partial charge >= 0.3 is 0 Å². The molecule has 0 radical (unpaired) electrons. The van der Waals surface area contributed by atoms with Crippen LogP contribution in [0.15, 0.2) is 24.3 Å². The lowest BCUT2D eigenvalue weighted by atomic mass is 9.91. The minimum Gasteiger partial charge on any atom is -0.508 e. The standard InChI is InChI=1S/C17H27NO3/c1-21-11-3-10-18(15-6-8-16(19)9-7-15)13-14-4-2-5-17(20)12-14/h2,4-5,12,15-16,19-20H,3,6-11,13H2,1H3.